The Kier molecular flexibility index (Phi) is 5.93. The van der Waals surface area contributed by atoms with Crippen molar-refractivity contribution in [3.63, 3.8) is 0 Å². The molecule has 6 nitrogen and oxygen atoms in total. The Morgan fingerprint density at radius 3 is 2.34 bits per heavy atom. The minimum atomic E-state index is -4.47. The van der Waals surface area contributed by atoms with E-state index in [0.717, 1.165) is 64.3 Å². The van der Waals surface area contributed by atoms with Crippen molar-refractivity contribution in [1.82, 2.24) is 24.7 Å². The van der Waals surface area contributed by atoms with E-state index in [1.807, 2.05) is 23.2 Å². The molecule has 38 heavy (non-hydrogen) atoms. The number of fused-ring (bicyclic) bond motifs is 2. The van der Waals surface area contributed by atoms with Crippen LogP contribution in [0.15, 0.2) is 61.1 Å². The monoisotopic (exact) mass is 516 g/mol. The molecule has 0 unspecified atom stereocenters. The van der Waals surface area contributed by atoms with Crippen LogP contribution in [0.5, 0.6) is 0 Å². The summed E-state index contributed by atoms with van der Waals surface area (Å²) in [6.07, 6.45) is 1.54. The molecule has 194 valence electrons. The van der Waals surface area contributed by atoms with Gasteiger partial charge in [0.15, 0.2) is 0 Å². The largest absolute Gasteiger partial charge is 0.419 e. The minimum absolute atomic E-state index is 0.283. The molecule has 1 aliphatic heterocycles. The molecule has 4 heterocycles. The molecule has 0 atom stereocenters. The van der Waals surface area contributed by atoms with Crippen molar-refractivity contribution >= 4 is 16.9 Å². The van der Waals surface area contributed by atoms with E-state index in [9.17, 15) is 13.2 Å². The van der Waals surface area contributed by atoms with Crippen molar-refractivity contribution in [2.45, 2.75) is 45.8 Å². The third-order valence-corrected chi connectivity index (χ3v) is 7.31. The lowest BCUT2D eigenvalue weighted by atomic mass is 9.97. The number of rotatable bonds is 5. The number of aryl methyl sites for hydroxylation is 2. The first kappa shape index (κ1) is 24.2. The van der Waals surface area contributed by atoms with Crippen LogP contribution in [0.25, 0.3) is 27.8 Å². The Bertz CT molecular complexity index is 1590. The van der Waals surface area contributed by atoms with Crippen LogP contribution in [0, 0.1) is 0 Å². The van der Waals surface area contributed by atoms with Crippen molar-refractivity contribution < 1.29 is 13.2 Å². The van der Waals surface area contributed by atoms with Crippen LogP contribution in [0.3, 0.4) is 0 Å². The summed E-state index contributed by atoms with van der Waals surface area (Å²) in [6.45, 7) is 5.32. The van der Waals surface area contributed by atoms with E-state index in [4.69, 9.17) is 5.10 Å². The number of hydrogen-bond donors (Lipinski definition) is 1. The molecule has 0 amide bonds. The predicted octanol–water partition coefficient (Wildman–Crippen LogP) is 6.52. The number of anilines is 1. The Balaban J connectivity index is 1.53. The fourth-order valence-electron chi connectivity index (χ4n) is 5.39. The molecule has 0 fully saturated rings. The molecule has 1 N–H and O–H groups in total. The standard InChI is InChI=1S/C29H27F3N6/c1-3-18-7-5-8-19(4-2)26(18)38-27(22-9-6-10-24-21(22)11-13-33-24)23-17-37(14-12-25(23)36-38)28-34-15-20(16-35-28)29(30,31)32/h5-11,13,15-16,33H,3-4,12,14,17H2,1-2H3. The summed E-state index contributed by atoms with van der Waals surface area (Å²) in [4.78, 5) is 13.4. The third kappa shape index (κ3) is 4.02. The van der Waals surface area contributed by atoms with E-state index in [2.05, 4.69) is 63.8 Å². The molecule has 0 spiro atoms. The molecule has 0 bridgehead atoms. The van der Waals surface area contributed by atoms with E-state index < -0.39 is 11.7 Å². The van der Waals surface area contributed by atoms with Gasteiger partial charge in [-0.1, -0.05) is 44.2 Å². The normalized spacial score (nSPS) is 13.8. The van der Waals surface area contributed by atoms with Gasteiger partial charge >= 0.3 is 6.18 Å². The van der Waals surface area contributed by atoms with Crippen LogP contribution >= 0.6 is 0 Å². The molecule has 6 rings (SSSR count). The van der Waals surface area contributed by atoms with Gasteiger partial charge < -0.3 is 9.88 Å². The Morgan fingerprint density at radius 2 is 1.66 bits per heavy atom. The highest BCUT2D eigenvalue weighted by Gasteiger charge is 2.33. The summed E-state index contributed by atoms with van der Waals surface area (Å²) >= 11 is 0. The number of halogens is 3. The second-order valence-electron chi connectivity index (χ2n) is 9.50. The maximum absolute atomic E-state index is 13.1. The number of nitrogens with zero attached hydrogens (tertiary/aromatic N) is 5. The van der Waals surface area contributed by atoms with Gasteiger partial charge in [0.1, 0.15) is 0 Å². The second kappa shape index (κ2) is 9.31. The molecular weight excluding hydrogens is 489 g/mol. The highest BCUT2D eigenvalue weighted by atomic mass is 19.4. The zero-order valence-electron chi connectivity index (χ0n) is 21.2. The number of nitrogens with one attached hydrogen (secondary N) is 1. The van der Waals surface area contributed by atoms with Gasteiger partial charge in [-0.15, -0.1) is 0 Å². The summed E-state index contributed by atoms with van der Waals surface area (Å²) in [5, 5.41) is 6.26. The Morgan fingerprint density at radius 1 is 0.947 bits per heavy atom. The number of aromatic amines is 1. The lowest BCUT2D eigenvalue weighted by molar-refractivity contribution is -0.138. The average Bonchev–Trinajstić information content (AvgIpc) is 3.56. The van der Waals surface area contributed by atoms with E-state index in [-0.39, 0.29) is 5.95 Å². The van der Waals surface area contributed by atoms with Crippen molar-refractivity contribution in [3.05, 3.63) is 89.0 Å². The summed E-state index contributed by atoms with van der Waals surface area (Å²) in [7, 11) is 0. The number of aromatic nitrogens is 5. The Labute approximate surface area is 218 Å². The summed E-state index contributed by atoms with van der Waals surface area (Å²) in [5.74, 6) is 0.283. The van der Waals surface area contributed by atoms with Crippen LogP contribution in [0.1, 0.15) is 41.8 Å². The van der Waals surface area contributed by atoms with Crippen LogP contribution in [-0.2, 0) is 32.0 Å². The van der Waals surface area contributed by atoms with E-state index >= 15 is 0 Å². The van der Waals surface area contributed by atoms with Crippen LogP contribution < -0.4 is 4.90 Å². The molecule has 0 saturated carbocycles. The molecule has 9 heteroatoms. The smallest absolute Gasteiger partial charge is 0.361 e. The first-order valence-electron chi connectivity index (χ1n) is 12.8. The average molecular weight is 517 g/mol. The van der Waals surface area contributed by atoms with E-state index in [1.54, 1.807) is 0 Å². The fraction of sp³-hybridized carbons (Fsp3) is 0.276. The number of para-hydroxylation sites is 1. The lowest BCUT2D eigenvalue weighted by Crippen LogP contribution is -2.31. The van der Waals surface area contributed by atoms with Gasteiger partial charge in [0.05, 0.1) is 22.6 Å². The van der Waals surface area contributed by atoms with Crippen LogP contribution in [0.2, 0.25) is 0 Å². The summed E-state index contributed by atoms with van der Waals surface area (Å²) in [5.41, 5.74) is 7.80. The maximum atomic E-state index is 13.1. The van der Waals surface area contributed by atoms with Gasteiger partial charge in [-0.25, -0.2) is 14.6 Å². The highest BCUT2D eigenvalue weighted by Crippen LogP contribution is 2.38. The molecule has 1 aliphatic rings. The lowest BCUT2D eigenvalue weighted by Gasteiger charge is -2.27. The maximum Gasteiger partial charge on any atom is 0.419 e. The number of benzene rings is 2. The van der Waals surface area contributed by atoms with Crippen molar-refractivity contribution in [2.75, 3.05) is 11.4 Å². The quantitative estimate of drug-likeness (QED) is 0.289. The van der Waals surface area contributed by atoms with Gasteiger partial charge in [-0.05, 0) is 36.1 Å². The number of alkyl halides is 3. The number of hydrogen-bond acceptors (Lipinski definition) is 4. The van der Waals surface area contributed by atoms with Gasteiger partial charge in [-0.3, -0.25) is 0 Å². The third-order valence-electron chi connectivity index (χ3n) is 7.31. The summed E-state index contributed by atoms with van der Waals surface area (Å²) in [6, 6.07) is 14.7. The van der Waals surface area contributed by atoms with Crippen LogP contribution in [0.4, 0.5) is 19.1 Å². The first-order chi connectivity index (χ1) is 18.4. The molecular formula is C29H27F3N6. The van der Waals surface area contributed by atoms with Gasteiger partial charge in [0, 0.05) is 60.1 Å². The van der Waals surface area contributed by atoms with Crippen molar-refractivity contribution in [2.24, 2.45) is 0 Å². The SMILES string of the molecule is CCc1cccc(CC)c1-n1nc2c(c1-c1cccc3[nH]ccc13)CN(c1ncc(C(F)(F)F)cn1)CC2. The zero-order chi connectivity index (χ0) is 26.4. The van der Waals surface area contributed by atoms with Crippen molar-refractivity contribution in [1.29, 1.82) is 0 Å². The molecule has 0 aliphatic carbocycles. The first-order valence-corrected chi connectivity index (χ1v) is 12.8. The molecule has 3 aromatic heterocycles. The van der Waals surface area contributed by atoms with Gasteiger partial charge in [0.2, 0.25) is 5.95 Å². The highest BCUT2D eigenvalue weighted by molar-refractivity contribution is 5.95. The molecule has 5 aromatic rings. The summed E-state index contributed by atoms with van der Waals surface area (Å²) < 4.78 is 41.3. The van der Waals surface area contributed by atoms with Gasteiger partial charge in [-0.2, -0.15) is 18.3 Å². The van der Waals surface area contributed by atoms with Crippen molar-refractivity contribution in [3.8, 4) is 16.9 Å². The molecule has 0 radical (unpaired) electrons. The molecule has 0 saturated heterocycles. The van der Waals surface area contributed by atoms with Crippen LogP contribution in [-0.4, -0.2) is 31.3 Å². The molecule has 2 aromatic carbocycles. The van der Waals surface area contributed by atoms with E-state index in [0.29, 0.717) is 19.5 Å². The Hall–Kier alpha value is -4.14. The second-order valence-corrected chi connectivity index (χ2v) is 9.50. The number of H-pyrrole nitrogens is 1. The minimum Gasteiger partial charge on any atom is -0.361 e. The van der Waals surface area contributed by atoms with E-state index in [1.165, 1.54) is 11.1 Å². The fourth-order valence-corrected chi connectivity index (χ4v) is 5.39. The topological polar surface area (TPSA) is 62.6 Å². The van der Waals surface area contributed by atoms with Gasteiger partial charge in [0.25, 0.3) is 0 Å². The zero-order valence-corrected chi connectivity index (χ0v) is 21.2. The predicted molar refractivity (Wildman–Crippen MR) is 141 cm³/mol.